The lowest BCUT2D eigenvalue weighted by Gasteiger charge is -2.04. The molecule has 4 nitrogen and oxygen atoms in total. The van der Waals surface area contributed by atoms with E-state index in [-0.39, 0.29) is 5.75 Å². The second-order valence-electron chi connectivity index (χ2n) is 4.17. The highest BCUT2D eigenvalue weighted by Gasteiger charge is 2.00. The van der Waals surface area contributed by atoms with Gasteiger partial charge >= 0.3 is 5.97 Å². The monoisotopic (exact) mass is 286 g/mol. The molecule has 0 atom stereocenters. The molecule has 2 aromatic rings. The number of benzene rings is 2. The number of hydrogen-bond donors (Lipinski definition) is 2. The zero-order valence-electron chi connectivity index (χ0n) is 11.8. The average Bonchev–Trinajstić information content (AvgIpc) is 2.51. The molecule has 0 bridgehead atoms. The summed E-state index contributed by atoms with van der Waals surface area (Å²) in [5.74, 6) is -0.199. The number of phenolic OH excluding ortho intramolecular Hbond substituents is 1. The number of phenols is 1. The van der Waals surface area contributed by atoms with Gasteiger partial charge in [-0.15, -0.1) is 6.58 Å². The first-order valence-corrected chi connectivity index (χ1v) is 6.33. The van der Waals surface area contributed by atoms with Crippen LogP contribution in [-0.2, 0) is 6.42 Å². The number of carboxylic acid groups (broad SMARTS) is 1. The minimum absolute atomic E-state index is 0.172. The zero-order valence-corrected chi connectivity index (χ0v) is 11.8. The van der Waals surface area contributed by atoms with Gasteiger partial charge in [0, 0.05) is 0 Å². The summed E-state index contributed by atoms with van der Waals surface area (Å²) >= 11 is 0. The van der Waals surface area contributed by atoms with Crippen LogP contribution < -0.4 is 4.74 Å². The smallest absolute Gasteiger partial charge is 0.335 e. The van der Waals surface area contributed by atoms with Crippen LogP contribution in [0.3, 0.4) is 0 Å². The molecule has 0 aliphatic rings. The first-order chi connectivity index (χ1) is 10.1. The molecule has 0 saturated carbocycles. The van der Waals surface area contributed by atoms with Crippen LogP contribution in [0.4, 0.5) is 0 Å². The van der Waals surface area contributed by atoms with Crippen molar-refractivity contribution >= 4 is 5.97 Å². The Kier molecular flexibility index (Phi) is 6.54. The van der Waals surface area contributed by atoms with Gasteiger partial charge in [-0.2, -0.15) is 0 Å². The molecule has 0 amide bonds. The summed E-state index contributed by atoms with van der Waals surface area (Å²) in [6.07, 6.45) is 2.60. The highest BCUT2D eigenvalue weighted by atomic mass is 16.5. The number of ether oxygens (including phenoxy) is 1. The fraction of sp³-hybridized carbons (Fsp3) is 0.118. The summed E-state index contributed by atoms with van der Waals surface area (Å²) in [5, 5.41) is 17.6. The fourth-order valence-electron chi connectivity index (χ4n) is 1.60. The molecule has 2 rings (SSSR count). The molecule has 0 unspecified atom stereocenters. The predicted octanol–water partition coefficient (Wildman–Crippen LogP) is 3.51. The van der Waals surface area contributed by atoms with Crippen molar-refractivity contribution in [3.63, 3.8) is 0 Å². The second kappa shape index (κ2) is 8.43. The summed E-state index contributed by atoms with van der Waals surface area (Å²) in [4.78, 5) is 10.2. The number of allylic oxidation sites excluding steroid dienone is 1. The third-order valence-electron chi connectivity index (χ3n) is 2.64. The van der Waals surface area contributed by atoms with Crippen molar-refractivity contribution in [3.05, 3.63) is 72.3 Å². The maximum atomic E-state index is 10.2. The first-order valence-electron chi connectivity index (χ1n) is 6.33. The van der Waals surface area contributed by atoms with Gasteiger partial charge in [0.1, 0.15) is 0 Å². The van der Waals surface area contributed by atoms with E-state index in [4.69, 9.17) is 9.84 Å². The SMILES string of the molecule is C=CCc1ccc(O)c(OC)c1.O=C(O)c1ccccc1. The van der Waals surface area contributed by atoms with Gasteiger partial charge in [0.05, 0.1) is 12.7 Å². The van der Waals surface area contributed by atoms with E-state index in [0.717, 1.165) is 12.0 Å². The summed E-state index contributed by atoms with van der Waals surface area (Å²) in [7, 11) is 1.53. The predicted molar refractivity (Wildman–Crippen MR) is 82.0 cm³/mol. The lowest BCUT2D eigenvalue weighted by Crippen LogP contribution is -1.93. The molecule has 0 aliphatic carbocycles. The van der Waals surface area contributed by atoms with E-state index in [1.54, 1.807) is 42.5 Å². The number of carbonyl (C=O) groups is 1. The highest BCUT2D eigenvalue weighted by molar-refractivity contribution is 5.87. The first kappa shape index (κ1) is 16.3. The Bertz CT molecular complexity index is 591. The van der Waals surface area contributed by atoms with Crippen molar-refractivity contribution in [1.29, 1.82) is 0 Å². The van der Waals surface area contributed by atoms with E-state index in [0.29, 0.717) is 11.3 Å². The molecule has 0 radical (unpaired) electrons. The highest BCUT2D eigenvalue weighted by Crippen LogP contribution is 2.26. The fourth-order valence-corrected chi connectivity index (χ4v) is 1.60. The largest absolute Gasteiger partial charge is 0.504 e. The van der Waals surface area contributed by atoms with Gasteiger partial charge in [0.25, 0.3) is 0 Å². The Hall–Kier alpha value is -2.75. The molecular formula is C17H18O4. The molecule has 4 heteroatoms. The molecule has 0 spiro atoms. The molecule has 2 N–H and O–H groups in total. The Morgan fingerprint density at radius 2 is 1.90 bits per heavy atom. The van der Waals surface area contributed by atoms with Crippen LogP contribution in [0.15, 0.2) is 61.2 Å². The quantitative estimate of drug-likeness (QED) is 0.844. The van der Waals surface area contributed by atoms with Crippen LogP contribution in [0.1, 0.15) is 15.9 Å². The van der Waals surface area contributed by atoms with Crippen LogP contribution in [0.5, 0.6) is 11.5 Å². The molecule has 0 fully saturated rings. The van der Waals surface area contributed by atoms with Gasteiger partial charge in [-0.3, -0.25) is 0 Å². The number of carboxylic acids is 1. The van der Waals surface area contributed by atoms with Crippen molar-refractivity contribution < 1.29 is 19.7 Å². The molecule has 110 valence electrons. The molecule has 2 aromatic carbocycles. The summed E-state index contributed by atoms with van der Waals surface area (Å²) in [6, 6.07) is 13.6. The van der Waals surface area contributed by atoms with Gasteiger partial charge < -0.3 is 14.9 Å². The Morgan fingerprint density at radius 3 is 2.38 bits per heavy atom. The number of aromatic hydroxyl groups is 1. The second-order valence-corrected chi connectivity index (χ2v) is 4.17. The van der Waals surface area contributed by atoms with Crippen molar-refractivity contribution in [2.45, 2.75) is 6.42 Å². The van der Waals surface area contributed by atoms with Crippen LogP contribution in [0.2, 0.25) is 0 Å². The van der Waals surface area contributed by atoms with E-state index < -0.39 is 5.97 Å². The number of rotatable bonds is 4. The molecule has 21 heavy (non-hydrogen) atoms. The lowest BCUT2D eigenvalue weighted by molar-refractivity contribution is 0.0697. The van der Waals surface area contributed by atoms with Crippen LogP contribution in [-0.4, -0.2) is 23.3 Å². The van der Waals surface area contributed by atoms with Crippen LogP contribution in [0, 0.1) is 0 Å². The maximum absolute atomic E-state index is 10.2. The molecule has 0 saturated heterocycles. The Morgan fingerprint density at radius 1 is 1.24 bits per heavy atom. The van der Waals surface area contributed by atoms with Crippen molar-refractivity contribution in [2.24, 2.45) is 0 Å². The topological polar surface area (TPSA) is 66.8 Å². The minimum Gasteiger partial charge on any atom is -0.504 e. The Labute approximate surface area is 123 Å². The maximum Gasteiger partial charge on any atom is 0.335 e. The van der Waals surface area contributed by atoms with E-state index in [1.807, 2.05) is 12.1 Å². The number of hydrogen-bond acceptors (Lipinski definition) is 3. The standard InChI is InChI=1S/C10H12O2.C7H6O2/c1-3-4-8-5-6-9(11)10(7-8)12-2;8-7(9)6-4-2-1-3-5-6/h3,5-7,11H,1,4H2,2H3;1-5H,(H,8,9). The van der Waals surface area contributed by atoms with Crippen molar-refractivity contribution in [1.82, 2.24) is 0 Å². The normalized spacial score (nSPS) is 9.19. The zero-order chi connectivity index (χ0) is 15.7. The van der Waals surface area contributed by atoms with Crippen LogP contribution >= 0.6 is 0 Å². The average molecular weight is 286 g/mol. The van der Waals surface area contributed by atoms with E-state index in [9.17, 15) is 9.90 Å². The van der Waals surface area contributed by atoms with Crippen molar-refractivity contribution in [2.75, 3.05) is 7.11 Å². The molecule has 0 aromatic heterocycles. The third-order valence-corrected chi connectivity index (χ3v) is 2.64. The summed E-state index contributed by atoms with van der Waals surface area (Å²) < 4.78 is 4.95. The number of methoxy groups -OCH3 is 1. The van der Waals surface area contributed by atoms with Gasteiger partial charge in [-0.05, 0) is 36.2 Å². The van der Waals surface area contributed by atoms with E-state index >= 15 is 0 Å². The van der Waals surface area contributed by atoms with Gasteiger partial charge in [-0.25, -0.2) is 4.79 Å². The molecule has 0 heterocycles. The van der Waals surface area contributed by atoms with Gasteiger partial charge in [0.2, 0.25) is 0 Å². The summed E-state index contributed by atoms with van der Waals surface area (Å²) in [5.41, 5.74) is 1.41. The van der Waals surface area contributed by atoms with E-state index in [2.05, 4.69) is 6.58 Å². The van der Waals surface area contributed by atoms with Gasteiger partial charge in [0.15, 0.2) is 11.5 Å². The van der Waals surface area contributed by atoms with Crippen molar-refractivity contribution in [3.8, 4) is 11.5 Å². The lowest BCUT2D eigenvalue weighted by atomic mass is 10.1. The minimum atomic E-state index is -0.879. The van der Waals surface area contributed by atoms with E-state index in [1.165, 1.54) is 7.11 Å². The summed E-state index contributed by atoms with van der Waals surface area (Å²) in [6.45, 7) is 3.63. The Balaban J connectivity index is 0.000000219. The number of aromatic carboxylic acids is 1. The molecular weight excluding hydrogens is 268 g/mol. The third kappa shape index (κ3) is 5.40. The van der Waals surface area contributed by atoms with Crippen LogP contribution in [0.25, 0.3) is 0 Å². The molecule has 0 aliphatic heterocycles. The van der Waals surface area contributed by atoms with Gasteiger partial charge in [-0.1, -0.05) is 30.3 Å².